The topological polar surface area (TPSA) is 71.0 Å². The molecular weight excluding hydrogens is 496 g/mol. The number of nitrogens with zero attached hydrogens (tertiary/aromatic N) is 2. The van der Waals surface area contributed by atoms with Gasteiger partial charge in [0, 0.05) is 26.4 Å². The summed E-state index contributed by atoms with van der Waals surface area (Å²) in [6, 6.07) is 6.31. The van der Waals surface area contributed by atoms with Crippen molar-refractivity contribution < 1.29 is 17.5 Å². The minimum atomic E-state index is -2.99. The summed E-state index contributed by atoms with van der Waals surface area (Å²) in [5, 5.41) is 3.22. The van der Waals surface area contributed by atoms with Gasteiger partial charge in [0.25, 0.3) is 0 Å². The van der Waals surface area contributed by atoms with E-state index >= 15 is 0 Å². The van der Waals surface area contributed by atoms with E-state index in [2.05, 4.69) is 10.3 Å². The van der Waals surface area contributed by atoms with Gasteiger partial charge in [-0.15, -0.1) is 24.0 Å². The molecule has 0 spiro atoms. The lowest BCUT2D eigenvalue weighted by Crippen LogP contribution is -2.41. The van der Waals surface area contributed by atoms with Gasteiger partial charge in [0.2, 0.25) is 0 Å². The standard InChI is InChI=1S/C19H32FN3O3S.HI/c1-6-21-18(22-15-19(2,3)11-14-27(5,24)25)23(4)12-13-26-17-10-8-7-9-16(17)20;/h7-10H,6,11-15H2,1-5H3,(H,21,22);1H. The maximum Gasteiger partial charge on any atom is 0.193 e. The molecule has 0 aliphatic carbocycles. The van der Waals surface area contributed by atoms with Gasteiger partial charge in [-0.05, 0) is 30.9 Å². The summed E-state index contributed by atoms with van der Waals surface area (Å²) in [7, 11) is -1.10. The summed E-state index contributed by atoms with van der Waals surface area (Å²) >= 11 is 0. The molecule has 1 rings (SSSR count). The number of likely N-dealkylation sites (N-methyl/N-ethyl adjacent to an activating group) is 1. The molecule has 0 saturated carbocycles. The van der Waals surface area contributed by atoms with E-state index in [1.54, 1.807) is 18.2 Å². The minimum absolute atomic E-state index is 0. The first-order valence-corrected chi connectivity index (χ1v) is 11.1. The van der Waals surface area contributed by atoms with E-state index < -0.39 is 9.84 Å². The van der Waals surface area contributed by atoms with Crippen LogP contribution in [0.1, 0.15) is 27.2 Å². The molecule has 0 fully saturated rings. The number of guanidine groups is 1. The SMILES string of the molecule is CCNC(=NCC(C)(C)CCS(C)(=O)=O)N(C)CCOc1ccccc1F.I. The van der Waals surface area contributed by atoms with Gasteiger partial charge >= 0.3 is 0 Å². The zero-order valence-electron chi connectivity index (χ0n) is 17.4. The highest BCUT2D eigenvalue weighted by Crippen LogP contribution is 2.21. The summed E-state index contributed by atoms with van der Waals surface area (Å²) in [6.07, 6.45) is 1.80. The average molecular weight is 529 g/mol. The van der Waals surface area contributed by atoms with Gasteiger partial charge in [-0.25, -0.2) is 12.8 Å². The van der Waals surface area contributed by atoms with E-state index in [0.717, 1.165) is 0 Å². The van der Waals surface area contributed by atoms with Crippen molar-refractivity contribution in [1.82, 2.24) is 10.2 Å². The predicted octanol–water partition coefficient (Wildman–Crippen LogP) is 3.18. The van der Waals surface area contributed by atoms with Crippen LogP contribution in [0.5, 0.6) is 5.75 Å². The first kappa shape index (κ1) is 26.9. The lowest BCUT2D eigenvalue weighted by Gasteiger charge is -2.26. The Morgan fingerprint density at radius 3 is 2.54 bits per heavy atom. The van der Waals surface area contributed by atoms with Crippen LogP contribution in [0.3, 0.4) is 0 Å². The van der Waals surface area contributed by atoms with Crippen LogP contribution in [0.4, 0.5) is 4.39 Å². The molecule has 1 aromatic carbocycles. The van der Waals surface area contributed by atoms with Crippen LogP contribution in [0.15, 0.2) is 29.3 Å². The monoisotopic (exact) mass is 529 g/mol. The van der Waals surface area contributed by atoms with E-state index in [1.807, 2.05) is 32.7 Å². The molecule has 6 nitrogen and oxygen atoms in total. The molecule has 1 N–H and O–H groups in total. The van der Waals surface area contributed by atoms with Crippen LogP contribution in [0.2, 0.25) is 0 Å². The van der Waals surface area contributed by atoms with Crippen molar-refractivity contribution in [1.29, 1.82) is 0 Å². The van der Waals surface area contributed by atoms with Crippen LogP contribution in [0.25, 0.3) is 0 Å². The number of nitrogens with one attached hydrogen (secondary N) is 1. The Hall–Kier alpha value is -1.10. The number of hydrogen-bond acceptors (Lipinski definition) is 4. The first-order valence-electron chi connectivity index (χ1n) is 9.08. The molecular formula is C19H33FIN3O3S. The third kappa shape index (κ3) is 11.0. The van der Waals surface area contributed by atoms with Gasteiger partial charge in [0.15, 0.2) is 17.5 Å². The van der Waals surface area contributed by atoms with Crippen molar-refractivity contribution in [3.05, 3.63) is 30.1 Å². The predicted molar refractivity (Wildman–Crippen MR) is 124 cm³/mol. The van der Waals surface area contributed by atoms with Crippen LogP contribution in [0, 0.1) is 11.2 Å². The molecule has 0 aliphatic rings. The van der Waals surface area contributed by atoms with Crippen molar-refractivity contribution in [3.8, 4) is 5.75 Å². The highest BCUT2D eigenvalue weighted by Gasteiger charge is 2.20. The molecule has 0 unspecified atom stereocenters. The maximum absolute atomic E-state index is 13.6. The summed E-state index contributed by atoms with van der Waals surface area (Å²) < 4.78 is 41.9. The van der Waals surface area contributed by atoms with Crippen molar-refractivity contribution in [2.24, 2.45) is 10.4 Å². The lowest BCUT2D eigenvalue weighted by atomic mass is 9.90. The molecule has 162 valence electrons. The van der Waals surface area contributed by atoms with Gasteiger partial charge in [-0.2, -0.15) is 0 Å². The van der Waals surface area contributed by atoms with Gasteiger partial charge in [-0.1, -0.05) is 26.0 Å². The number of sulfone groups is 1. The molecule has 0 radical (unpaired) electrons. The molecule has 0 bridgehead atoms. The Kier molecular flexibility index (Phi) is 12.0. The lowest BCUT2D eigenvalue weighted by molar-refractivity contribution is 0.269. The van der Waals surface area contributed by atoms with E-state index in [9.17, 15) is 12.8 Å². The summed E-state index contributed by atoms with van der Waals surface area (Å²) in [5.74, 6) is 0.712. The van der Waals surface area contributed by atoms with E-state index in [1.165, 1.54) is 12.3 Å². The zero-order chi connectivity index (χ0) is 20.5. The molecule has 0 atom stereocenters. The second-order valence-corrected chi connectivity index (χ2v) is 9.67. The number of para-hydroxylation sites is 1. The molecule has 0 aliphatic heterocycles. The number of hydrogen-bond donors (Lipinski definition) is 1. The number of ether oxygens (including phenoxy) is 1. The molecule has 0 aromatic heterocycles. The summed E-state index contributed by atoms with van der Waals surface area (Å²) in [4.78, 5) is 6.55. The fourth-order valence-electron chi connectivity index (χ4n) is 2.26. The van der Waals surface area contributed by atoms with Crippen molar-refractivity contribution in [2.45, 2.75) is 27.2 Å². The van der Waals surface area contributed by atoms with Gasteiger partial charge in [0.1, 0.15) is 16.4 Å². The van der Waals surface area contributed by atoms with Crippen molar-refractivity contribution >= 4 is 39.8 Å². The smallest absolute Gasteiger partial charge is 0.193 e. The summed E-state index contributed by atoms with van der Waals surface area (Å²) in [6.45, 7) is 8.06. The second kappa shape index (κ2) is 12.5. The maximum atomic E-state index is 13.6. The molecule has 1 aromatic rings. The Balaban J connectivity index is 0.00000729. The Morgan fingerprint density at radius 1 is 1.32 bits per heavy atom. The van der Waals surface area contributed by atoms with Crippen molar-refractivity contribution in [3.63, 3.8) is 0 Å². The van der Waals surface area contributed by atoms with E-state index in [-0.39, 0.29) is 46.7 Å². The quantitative estimate of drug-likeness (QED) is 0.287. The number of benzene rings is 1. The number of rotatable bonds is 10. The third-order valence-electron chi connectivity index (χ3n) is 4.02. The highest BCUT2D eigenvalue weighted by molar-refractivity contribution is 14.0. The molecule has 0 amide bonds. The van der Waals surface area contributed by atoms with Crippen LogP contribution in [-0.4, -0.2) is 64.6 Å². The average Bonchev–Trinajstić information content (AvgIpc) is 2.58. The van der Waals surface area contributed by atoms with Gasteiger partial charge in [-0.3, -0.25) is 4.99 Å². The normalized spacial score (nSPS) is 12.3. The molecule has 0 heterocycles. The first-order chi connectivity index (χ1) is 12.5. The highest BCUT2D eigenvalue weighted by atomic mass is 127. The Morgan fingerprint density at radius 2 is 1.96 bits per heavy atom. The van der Waals surface area contributed by atoms with E-state index in [4.69, 9.17) is 4.74 Å². The minimum Gasteiger partial charge on any atom is -0.489 e. The molecule has 0 saturated heterocycles. The third-order valence-corrected chi connectivity index (χ3v) is 4.97. The van der Waals surface area contributed by atoms with Crippen LogP contribution in [-0.2, 0) is 9.84 Å². The Labute approximate surface area is 185 Å². The van der Waals surface area contributed by atoms with Gasteiger partial charge < -0.3 is 15.0 Å². The Bertz CT molecular complexity index is 727. The van der Waals surface area contributed by atoms with E-state index in [0.29, 0.717) is 38.6 Å². The number of halogens is 2. The largest absolute Gasteiger partial charge is 0.489 e. The summed E-state index contributed by atoms with van der Waals surface area (Å²) in [5.41, 5.74) is -0.228. The fraction of sp³-hybridized carbons (Fsp3) is 0.632. The zero-order valence-corrected chi connectivity index (χ0v) is 20.5. The van der Waals surface area contributed by atoms with Crippen LogP contribution >= 0.6 is 24.0 Å². The molecule has 9 heteroatoms. The number of aliphatic imine (C=N–C) groups is 1. The van der Waals surface area contributed by atoms with Crippen molar-refractivity contribution in [2.75, 3.05) is 45.3 Å². The second-order valence-electron chi connectivity index (χ2n) is 7.41. The fourth-order valence-corrected chi connectivity index (χ4v) is 3.18. The van der Waals surface area contributed by atoms with Gasteiger partial charge in [0.05, 0.1) is 12.3 Å². The molecule has 28 heavy (non-hydrogen) atoms. The van der Waals surface area contributed by atoms with Crippen LogP contribution < -0.4 is 10.1 Å².